The van der Waals surface area contributed by atoms with E-state index in [1.807, 2.05) is 36.4 Å². The highest BCUT2D eigenvalue weighted by atomic mass is 16.1. The summed E-state index contributed by atoms with van der Waals surface area (Å²) >= 11 is 0. The number of ketones is 1. The van der Waals surface area contributed by atoms with Crippen LogP contribution < -0.4 is 5.73 Å². The van der Waals surface area contributed by atoms with Gasteiger partial charge in [0.15, 0.2) is 5.78 Å². The number of hydrogen-bond acceptors (Lipinski definition) is 5. The van der Waals surface area contributed by atoms with E-state index in [0.29, 0.717) is 16.9 Å². The second-order valence-electron chi connectivity index (χ2n) is 4.88. The fraction of sp³-hybridized carbons (Fsp3) is 0. The normalized spacial score (nSPS) is 10.8. The Hall–Kier alpha value is -3.34. The number of nitrogen functional groups attached to an aromatic ring is 1. The summed E-state index contributed by atoms with van der Waals surface area (Å²) in [6.07, 6.45) is 4.79. The molecule has 0 atom stereocenters. The Kier molecular flexibility index (Phi) is 4.20. The van der Waals surface area contributed by atoms with Crippen LogP contribution in [0.1, 0.15) is 15.9 Å². The van der Waals surface area contributed by atoms with Crippen molar-refractivity contribution in [3.8, 4) is 11.3 Å². The molecule has 2 aromatic carbocycles. The number of para-hydroxylation sites is 1. The minimum absolute atomic E-state index is 0.0703. The average Bonchev–Trinajstić information content (AvgIpc) is 2.62. The summed E-state index contributed by atoms with van der Waals surface area (Å²) < 4.78 is 0. The lowest BCUT2D eigenvalue weighted by atomic mass is 10.0. The van der Waals surface area contributed by atoms with Crippen LogP contribution in [0.25, 0.3) is 17.3 Å². The smallest absolute Gasteiger partial charge is 0.185 e. The summed E-state index contributed by atoms with van der Waals surface area (Å²) in [5, 5.41) is 11.2. The van der Waals surface area contributed by atoms with E-state index in [1.54, 1.807) is 30.5 Å². The second-order valence-corrected chi connectivity index (χ2v) is 4.88. The summed E-state index contributed by atoms with van der Waals surface area (Å²) in [6.45, 7) is 0. The van der Waals surface area contributed by atoms with Gasteiger partial charge in [-0.25, -0.2) is 0 Å². The van der Waals surface area contributed by atoms with Crippen LogP contribution in [0.3, 0.4) is 0 Å². The Morgan fingerprint density at radius 2 is 1.83 bits per heavy atom. The van der Waals surface area contributed by atoms with E-state index < -0.39 is 0 Å². The quantitative estimate of drug-likeness (QED) is 0.455. The minimum Gasteiger partial charge on any atom is -0.398 e. The number of carbonyl (C=O) groups excluding carboxylic acids is 1. The molecule has 3 aromatic rings. The van der Waals surface area contributed by atoms with Gasteiger partial charge < -0.3 is 5.73 Å². The number of nitrogens with zero attached hydrogens (tertiary/aromatic N) is 3. The van der Waals surface area contributed by atoms with Gasteiger partial charge in [0.2, 0.25) is 0 Å². The molecule has 112 valence electrons. The van der Waals surface area contributed by atoms with Gasteiger partial charge in [-0.1, -0.05) is 48.5 Å². The molecule has 5 heteroatoms. The zero-order chi connectivity index (χ0) is 16.1. The fourth-order valence-electron chi connectivity index (χ4n) is 2.20. The van der Waals surface area contributed by atoms with Crippen molar-refractivity contribution in [2.75, 3.05) is 5.73 Å². The van der Waals surface area contributed by atoms with Gasteiger partial charge in [-0.2, -0.15) is 0 Å². The first-order valence-electron chi connectivity index (χ1n) is 7.06. The Morgan fingerprint density at radius 1 is 1.00 bits per heavy atom. The van der Waals surface area contributed by atoms with E-state index in [-0.39, 0.29) is 5.78 Å². The van der Waals surface area contributed by atoms with Crippen LogP contribution in [-0.4, -0.2) is 21.2 Å². The van der Waals surface area contributed by atoms with Crippen LogP contribution in [-0.2, 0) is 0 Å². The molecule has 0 aliphatic heterocycles. The van der Waals surface area contributed by atoms with Crippen molar-refractivity contribution in [3.05, 3.63) is 78.0 Å². The third-order valence-electron chi connectivity index (χ3n) is 3.39. The van der Waals surface area contributed by atoms with Gasteiger partial charge in [-0.05, 0) is 29.0 Å². The predicted octanol–water partition coefficient (Wildman–Crippen LogP) is 3.02. The van der Waals surface area contributed by atoms with E-state index in [9.17, 15) is 4.79 Å². The first-order chi connectivity index (χ1) is 11.3. The van der Waals surface area contributed by atoms with Crippen LogP contribution in [0.15, 0.2) is 66.9 Å². The van der Waals surface area contributed by atoms with Crippen molar-refractivity contribution in [1.82, 2.24) is 15.4 Å². The SMILES string of the molecule is Nc1c(C=CC(=O)c2ccccc2)cccc1-c1ccnnn1. The number of anilines is 1. The Balaban J connectivity index is 1.90. The molecule has 0 aliphatic rings. The standard InChI is InChI=1S/C18H14N4O/c19-18-14(9-10-17(23)13-5-2-1-3-6-13)7-4-8-15(18)16-11-12-20-22-21-16/h1-12H,19H2. The van der Waals surface area contributed by atoms with Gasteiger partial charge in [0, 0.05) is 16.8 Å². The highest BCUT2D eigenvalue weighted by molar-refractivity contribution is 6.07. The highest BCUT2D eigenvalue weighted by Crippen LogP contribution is 2.27. The van der Waals surface area contributed by atoms with Crippen molar-refractivity contribution in [2.24, 2.45) is 0 Å². The molecule has 1 aromatic heterocycles. The highest BCUT2D eigenvalue weighted by Gasteiger charge is 2.07. The van der Waals surface area contributed by atoms with Crippen molar-refractivity contribution in [1.29, 1.82) is 0 Å². The zero-order valence-electron chi connectivity index (χ0n) is 12.3. The van der Waals surface area contributed by atoms with E-state index in [1.165, 1.54) is 6.08 Å². The van der Waals surface area contributed by atoms with Crippen LogP contribution in [0, 0.1) is 0 Å². The minimum atomic E-state index is -0.0703. The van der Waals surface area contributed by atoms with Crippen molar-refractivity contribution in [2.45, 2.75) is 0 Å². The van der Waals surface area contributed by atoms with Crippen LogP contribution in [0.4, 0.5) is 5.69 Å². The molecular weight excluding hydrogens is 288 g/mol. The lowest BCUT2D eigenvalue weighted by Gasteiger charge is -2.07. The van der Waals surface area contributed by atoms with Crippen LogP contribution >= 0.6 is 0 Å². The van der Waals surface area contributed by atoms with Crippen LogP contribution in [0.2, 0.25) is 0 Å². The largest absolute Gasteiger partial charge is 0.398 e. The third kappa shape index (κ3) is 3.29. The van der Waals surface area contributed by atoms with Crippen LogP contribution in [0.5, 0.6) is 0 Å². The second kappa shape index (κ2) is 6.62. The third-order valence-corrected chi connectivity index (χ3v) is 3.39. The van der Waals surface area contributed by atoms with E-state index in [2.05, 4.69) is 15.4 Å². The monoisotopic (exact) mass is 302 g/mol. The van der Waals surface area contributed by atoms with Gasteiger partial charge >= 0.3 is 0 Å². The Bertz CT molecular complexity index is 845. The number of allylic oxidation sites excluding steroid dienone is 1. The van der Waals surface area contributed by atoms with Crippen molar-refractivity contribution < 1.29 is 4.79 Å². The molecule has 23 heavy (non-hydrogen) atoms. The molecule has 0 bridgehead atoms. The Labute approximate surface area is 133 Å². The van der Waals surface area contributed by atoms with Gasteiger partial charge in [-0.3, -0.25) is 4.79 Å². The molecule has 0 unspecified atom stereocenters. The van der Waals surface area contributed by atoms with Crippen molar-refractivity contribution >= 4 is 17.5 Å². The number of aromatic nitrogens is 3. The predicted molar refractivity (Wildman–Crippen MR) is 89.5 cm³/mol. The lowest BCUT2D eigenvalue weighted by molar-refractivity contribution is 0.104. The summed E-state index contributed by atoms with van der Waals surface area (Å²) in [7, 11) is 0. The molecule has 0 fully saturated rings. The number of carbonyl (C=O) groups is 1. The number of hydrogen-bond donors (Lipinski definition) is 1. The number of benzene rings is 2. The van der Waals surface area contributed by atoms with Gasteiger partial charge in [0.05, 0.1) is 11.9 Å². The van der Waals surface area contributed by atoms with Gasteiger partial charge in [0.25, 0.3) is 0 Å². The summed E-state index contributed by atoms with van der Waals surface area (Å²) in [6, 6.07) is 16.4. The number of nitrogens with two attached hydrogens (primary N) is 1. The summed E-state index contributed by atoms with van der Waals surface area (Å²) in [5.74, 6) is -0.0703. The molecule has 3 rings (SSSR count). The summed E-state index contributed by atoms with van der Waals surface area (Å²) in [4.78, 5) is 12.1. The maximum absolute atomic E-state index is 12.1. The zero-order valence-corrected chi connectivity index (χ0v) is 12.3. The fourth-order valence-corrected chi connectivity index (χ4v) is 2.20. The maximum Gasteiger partial charge on any atom is 0.185 e. The molecular formula is C18H14N4O. The topological polar surface area (TPSA) is 81.8 Å². The summed E-state index contributed by atoms with van der Waals surface area (Å²) in [5.41, 5.74) is 9.53. The van der Waals surface area contributed by atoms with E-state index in [0.717, 1.165) is 11.1 Å². The Morgan fingerprint density at radius 3 is 2.57 bits per heavy atom. The molecule has 0 spiro atoms. The van der Waals surface area contributed by atoms with Gasteiger partial charge in [-0.15, -0.1) is 10.2 Å². The molecule has 5 nitrogen and oxygen atoms in total. The average molecular weight is 302 g/mol. The van der Waals surface area contributed by atoms with E-state index in [4.69, 9.17) is 5.73 Å². The molecule has 0 aliphatic carbocycles. The van der Waals surface area contributed by atoms with E-state index >= 15 is 0 Å². The molecule has 0 saturated heterocycles. The lowest BCUT2D eigenvalue weighted by Crippen LogP contribution is -1.97. The first-order valence-corrected chi connectivity index (χ1v) is 7.06. The molecule has 2 N–H and O–H groups in total. The van der Waals surface area contributed by atoms with Crippen molar-refractivity contribution in [3.63, 3.8) is 0 Å². The molecule has 0 saturated carbocycles. The molecule has 1 heterocycles. The maximum atomic E-state index is 12.1. The molecule has 0 radical (unpaired) electrons. The molecule has 0 amide bonds. The first kappa shape index (κ1) is 14.6. The number of rotatable bonds is 4. The van der Waals surface area contributed by atoms with Gasteiger partial charge in [0.1, 0.15) is 0 Å².